The molecule has 3 aromatic rings. The molecule has 30 heavy (non-hydrogen) atoms. The molecule has 0 atom stereocenters. The van der Waals surface area contributed by atoms with Crippen molar-refractivity contribution in [2.24, 2.45) is 0 Å². The molecule has 8 heteroatoms. The van der Waals surface area contributed by atoms with E-state index in [-0.39, 0.29) is 23.5 Å². The molecule has 0 saturated heterocycles. The maximum atomic E-state index is 12.8. The van der Waals surface area contributed by atoms with E-state index in [9.17, 15) is 9.59 Å². The van der Waals surface area contributed by atoms with Crippen LogP contribution in [0, 0.1) is 6.92 Å². The van der Waals surface area contributed by atoms with Crippen LogP contribution in [0.2, 0.25) is 0 Å². The standard InChI is InChI=1S/C22H24N4O3S/c1-13(2)19-24-14(3)18(22(26-19)30-4)21(28)23-12-15-7-5-8-16(11-15)25-20(27)17-9-6-10-29-17/h5-11,13H,12H2,1-4H3,(H,23,28)(H,25,27). The van der Waals surface area contributed by atoms with Crippen molar-refractivity contribution in [1.82, 2.24) is 15.3 Å². The van der Waals surface area contributed by atoms with Crippen molar-refractivity contribution in [2.75, 3.05) is 11.6 Å². The highest BCUT2D eigenvalue weighted by atomic mass is 32.2. The molecule has 0 unspecified atom stereocenters. The number of anilines is 1. The van der Waals surface area contributed by atoms with Gasteiger partial charge in [-0.1, -0.05) is 26.0 Å². The van der Waals surface area contributed by atoms with E-state index in [1.54, 1.807) is 18.2 Å². The van der Waals surface area contributed by atoms with Crippen LogP contribution in [-0.4, -0.2) is 28.0 Å². The lowest BCUT2D eigenvalue weighted by molar-refractivity contribution is 0.0944. The number of benzene rings is 1. The first kappa shape index (κ1) is 21.6. The van der Waals surface area contributed by atoms with Gasteiger partial charge < -0.3 is 15.1 Å². The number of aryl methyl sites for hydroxylation is 1. The van der Waals surface area contributed by atoms with Gasteiger partial charge in [-0.25, -0.2) is 9.97 Å². The molecule has 0 bridgehead atoms. The maximum Gasteiger partial charge on any atom is 0.291 e. The number of hydrogen-bond acceptors (Lipinski definition) is 6. The van der Waals surface area contributed by atoms with E-state index < -0.39 is 0 Å². The van der Waals surface area contributed by atoms with E-state index in [2.05, 4.69) is 20.6 Å². The molecule has 3 rings (SSSR count). The Labute approximate surface area is 179 Å². The molecule has 156 valence electrons. The molecule has 0 aliphatic carbocycles. The van der Waals surface area contributed by atoms with Crippen molar-refractivity contribution < 1.29 is 14.0 Å². The van der Waals surface area contributed by atoms with Gasteiger partial charge in [-0.15, -0.1) is 11.8 Å². The van der Waals surface area contributed by atoms with E-state index in [0.29, 0.717) is 28.5 Å². The SMILES string of the molecule is CSc1nc(C(C)C)nc(C)c1C(=O)NCc1cccc(NC(=O)c2ccco2)c1. The summed E-state index contributed by atoms with van der Waals surface area (Å²) in [6.45, 7) is 6.18. The third-order valence-corrected chi connectivity index (χ3v) is 5.08. The first-order valence-electron chi connectivity index (χ1n) is 9.53. The number of rotatable bonds is 7. The molecule has 0 fully saturated rings. The Hall–Kier alpha value is -3.13. The van der Waals surface area contributed by atoms with E-state index in [0.717, 1.165) is 11.4 Å². The highest BCUT2D eigenvalue weighted by Gasteiger charge is 2.19. The maximum absolute atomic E-state index is 12.8. The minimum Gasteiger partial charge on any atom is -0.459 e. The first-order chi connectivity index (χ1) is 14.4. The third-order valence-electron chi connectivity index (χ3n) is 4.39. The van der Waals surface area contributed by atoms with E-state index in [1.165, 1.54) is 18.0 Å². The quantitative estimate of drug-likeness (QED) is 0.431. The van der Waals surface area contributed by atoms with Crippen LogP contribution in [-0.2, 0) is 6.54 Å². The number of thioether (sulfide) groups is 1. The van der Waals surface area contributed by atoms with Crippen LogP contribution in [0.1, 0.15) is 57.8 Å². The summed E-state index contributed by atoms with van der Waals surface area (Å²) in [4.78, 5) is 34.0. The number of carbonyl (C=O) groups excluding carboxylic acids is 2. The van der Waals surface area contributed by atoms with Gasteiger partial charge in [0.25, 0.3) is 11.8 Å². The lowest BCUT2D eigenvalue weighted by Gasteiger charge is -2.14. The number of amides is 2. The molecular formula is C22H24N4O3S. The van der Waals surface area contributed by atoms with Crippen molar-refractivity contribution in [3.63, 3.8) is 0 Å². The van der Waals surface area contributed by atoms with Gasteiger partial charge in [-0.2, -0.15) is 0 Å². The van der Waals surface area contributed by atoms with Crippen molar-refractivity contribution in [3.8, 4) is 0 Å². The Balaban J connectivity index is 1.70. The Morgan fingerprint density at radius 1 is 1.13 bits per heavy atom. The molecule has 7 nitrogen and oxygen atoms in total. The van der Waals surface area contributed by atoms with Crippen molar-refractivity contribution in [3.05, 3.63) is 71.1 Å². The van der Waals surface area contributed by atoms with Crippen LogP contribution in [0.4, 0.5) is 5.69 Å². The molecule has 0 radical (unpaired) electrons. The highest BCUT2D eigenvalue weighted by Crippen LogP contribution is 2.23. The molecule has 2 aromatic heterocycles. The summed E-state index contributed by atoms with van der Waals surface area (Å²) >= 11 is 1.43. The van der Waals surface area contributed by atoms with Gasteiger partial charge in [0.05, 0.1) is 17.5 Å². The summed E-state index contributed by atoms with van der Waals surface area (Å²) in [5, 5.41) is 6.37. The Bertz CT molecular complexity index is 1050. The van der Waals surface area contributed by atoms with Crippen molar-refractivity contribution >= 4 is 29.3 Å². The van der Waals surface area contributed by atoms with Gasteiger partial charge in [0.1, 0.15) is 10.9 Å². The topological polar surface area (TPSA) is 97.1 Å². The van der Waals surface area contributed by atoms with E-state index in [4.69, 9.17) is 4.42 Å². The monoisotopic (exact) mass is 424 g/mol. The van der Waals surface area contributed by atoms with Crippen LogP contribution in [0.5, 0.6) is 0 Å². The number of hydrogen-bond donors (Lipinski definition) is 2. The third kappa shape index (κ3) is 5.07. The summed E-state index contributed by atoms with van der Waals surface area (Å²) in [6, 6.07) is 10.5. The smallest absolute Gasteiger partial charge is 0.291 e. The fourth-order valence-corrected chi connectivity index (χ4v) is 3.49. The normalized spacial score (nSPS) is 10.8. The van der Waals surface area contributed by atoms with Crippen LogP contribution in [0.15, 0.2) is 52.1 Å². The number of aromatic nitrogens is 2. The van der Waals surface area contributed by atoms with Gasteiger partial charge in [0.15, 0.2) is 5.76 Å². The second kappa shape index (κ2) is 9.58. The van der Waals surface area contributed by atoms with Gasteiger partial charge >= 0.3 is 0 Å². The largest absolute Gasteiger partial charge is 0.459 e. The fourth-order valence-electron chi connectivity index (χ4n) is 2.86. The van der Waals surface area contributed by atoms with Crippen LogP contribution in [0.25, 0.3) is 0 Å². The average Bonchev–Trinajstić information content (AvgIpc) is 3.26. The Kier molecular flexibility index (Phi) is 6.89. The molecular weight excluding hydrogens is 400 g/mol. The molecule has 1 aromatic carbocycles. The second-order valence-corrected chi connectivity index (χ2v) is 7.82. The molecule has 2 heterocycles. The molecule has 2 N–H and O–H groups in total. The summed E-state index contributed by atoms with van der Waals surface area (Å²) in [6.07, 6.45) is 3.34. The zero-order chi connectivity index (χ0) is 21.7. The van der Waals surface area contributed by atoms with Gasteiger partial charge in [0.2, 0.25) is 0 Å². The Morgan fingerprint density at radius 3 is 2.60 bits per heavy atom. The fraction of sp³-hybridized carbons (Fsp3) is 0.273. The summed E-state index contributed by atoms with van der Waals surface area (Å²) in [7, 11) is 0. The molecule has 2 amide bonds. The van der Waals surface area contributed by atoms with Crippen LogP contribution < -0.4 is 10.6 Å². The minimum atomic E-state index is -0.330. The highest BCUT2D eigenvalue weighted by molar-refractivity contribution is 7.98. The van der Waals surface area contributed by atoms with Crippen LogP contribution >= 0.6 is 11.8 Å². The summed E-state index contributed by atoms with van der Waals surface area (Å²) < 4.78 is 5.10. The summed E-state index contributed by atoms with van der Waals surface area (Å²) in [5.41, 5.74) is 2.63. The van der Waals surface area contributed by atoms with Gasteiger partial charge in [-0.05, 0) is 43.0 Å². The number of furan rings is 1. The predicted octanol–water partition coefficient (Wildman–Crippen LogP) is 4.41. The summed E-state index contributed by atoms with van der Waals surface area (Å²) in [5.74, 6) is 0.596. The molecule has 0 aliphatic rings. The predicted molar refractivity (Wildman–Crippen MR) is 117 cm³/mol. The van der Waals surface area contributed by atoms with Crippen molar-refractivity contribution in [1.29, 1.82) is 0 Å². The van der Waals surface area contributed by atoms with E-state index in [1.807, 2.05) is 45.2 Å². The van der Waals surface area contributed by atoms with Gasteiger partial charge in [0, 0.05) is 18.2 Å². The second-order valence-electron chi connectivity index (χ2n) is 7.02. The molecule has 0 aliphatic heterocycles. The number of carbonyl (C=O) groups is 2. The zero-order valence-corrected chi connectivity index (χ0v) is 18.2. The first-order valence-corrected chi connectivity index (χ1v) is 10.8. The Morgan fingerprint density at radius 2 is 1.93 bits per heavy atom. The van der Waals surface area contributed by atoms with Crippen molar-refractivity contribution in [2.45, 2.75) is 38.3 Å². The lowest BCUT2D eigenvalue weighted by Crippen LogP contribution is -2.25. The number of nitrogens with zero attached hydrogens (tertiary/aromatic N) is 2. The minimum absolute atomic E-state index is 0.186. The average molecular weight is 425 g/mol. The van der Waals surface area contributed by atoms with E-state index >= 15 is 0 Å². The lowest BCUT2D eigenvalue weighted by atomic mass is 10.1. The van der Waals surface area contributed by atoms with Crippen LogP contribution in [0.3, 0.4) is 0 Å². The molecule has 0 saturated carbocycles. The zero-order valence-electron chi connectivity index (χ0n) is 17.4. The number of nitrogens with one attached hydrogen (secondary N) is 2. The molecule has 0 spiro atoms. The van der Waals surface area contributed by atoms with Gasteiger partial charge in [-0.3, -0.25) is 9.59 Å².